The molecule has 6 heteroatoms. The van der Waals surface area contributed by atoms with Gasteiger partial charge in [-0.1, -0.05) is 30.3 Å². The number of carbonyl (C=O) groups excluding carboxylic acids is 1. The zero-order chi connectivity index (χ0) is 17.5. The molecule has 0 saturated heterocycles. The first kappa shape index (κ1) is 17.7. The van der Waals surface area contributed by atoms with Crippen molar-refractivity contribution in [2.45, 2.75) is 19.1 Å². The van der Waals surface area contributed by atoms with Crippen LogP contribution in [-0.2, 0) is 0 Å². The van der Waals surface area contributed by atoms with Crippen LogP contribution in [0, 0.1) is 5.82 Å². The lowest BCUT2D eigenvalue weighted by atomic mass is 10.1. The smallest absolute Gasteiger partial charge is 0.315 e. The van der Waals surface area contributed by atoms with E-state index in [2.05, 4.69) is 10.6 Å². The zero-order valence-corrected chi connectivity index (χ0v) is 13.6. The average Bonchev–Trinajstić information content (AvgIpc) is 2.59. The number of benzene rings is 2. The summed E-state index contributed by atoms with van der Waals surface area (Å²) in [7, 11) is 1.57. The average molecular weight is 332 g/mol. The second kappa shape index (κ2) is 8.31. The molecule has 3 N–H and O–H groups in total. The van der Waals surface area contributed by atoms with Crippen LogP contribution in [0.25, 0.3) is 0 Å². The molecule has 0 aliphatic rings. The third-order valence-corrected chi connectivity index (χ3v) is 3.64. The SMILES string of the molecule is COc1ccccc1[C@@H](C)NC(=O)NC[C@@H](O)c1cccc(F)c1. The van der Waals surface area contributed by atoms with Gasteiger partial charge in [-0.3, -0.25) is 0 Å². The van der Waals surface area contributed by atoms with Crippen LogP contribution >= 0.6 is 0 Å². The Morgan fingerprint density at radius 1 is 1.25 bits per heavy atom. The molecule has 0 heterocycles. The number of hydrogen-bond donors (Lipinski definition) is 3. The van der Waals surface area contributed by atoms with Crippen molar-refractivity contribution in [1.29, 1.82) is 0 Å². The lowest BCUT2D eigenvalue weighted by molar-refractivity contribution is 0.172. The zero-order valence-electron chi connectivity index (χ0n) is 13.6. The molecule has 128 valence electrons. The number of para-hydroxylation sites is 1. The van der Waals surface area contributed by atoms with Gasteiger partial charge in [0.2, 0.25) is 0 Å². The Kier molecular flexibility index (Phi) is 6.14. The summed E-state index contributed by atoms with van der Waals surface area (Å²) in [6, 6.07) is 12.3. The van der Waals surface area contributed by atoms with Gasteiger partial charge in [0.05, 0.1) is 19.3 Å². The van der Waals surface area contributed by atoms with Gasteiger partial charge in [0.25, 0.3) is 0 Å². The molecule has 2 amide bonds. The molecule has 0 bridgehead atoms. The number of aliphatic hydroxyl groups is 1. The van der Waals surface area contributed by atoms with Crippen molar-refractivity contribution < 1.29 is 19.0 Å². The van der Waals surface area contributed by atoms with E-state index in [0.717, 1.165) is 5.56 Å². The van der Waals surface area contributed by atoms with E-state index in [9.17, 15) is 14.3 Å². The molecule has 2 atom stereocenters. The first-order chi connectivity index (χ1) is 11.5. The van der Waals surface area contributed by atoms with Crippen LogP contribution in [0.5, 0.6) is 5.75 Å². The summed E-state index contributed by atoms with van der Waals surface area (Å²) in [5.74, 6) is 0.255. The van der Waals surface area contributed by atoms with Gasteiger partial charge in [-0.25, -0.2) is 9.18 Å². The van der Waals surface area contributed by atoms with Gasteiger partial charge >= 0.3 is 6.03 Å². The van der Waals surface area contributed by atoms with Gasteiger partial charge in [-0.2, -0.15) is 0 Å². The summed E-state index contributed by atoms with van der Waals surface area (Å²) in [6.45, 7) is 1.81. The van der Waals surface area contributed by atoms with E-state index >= 15 is 0 Å². The maximum Gasteiger partial charge on any atom is 0.315 e. The number of urea groups is 1. The predicted molar refractivity (Wildman–Crippen MR) is 89.3 cm³/mol. The minimum atomic E-state index is -0.979. The molecule has 2 rings (SSSR count). The van der Waals surface area contributed by atoms with E-state index in [0.29, 0.717) is 11.3 Å². The topological polar surface area (TPSA) is 70.6 Å². The van der Waals surface area contributed by atoms with Crippen molar-refractivity contribution in [2.75, 3.05) is 13.7 Å². The highest BCUT2D eigenvalue weighted by Crippen LogP contribution is 2.24. The molecule has 0 saturated carbocycles. The number of nitrogens with one attached hydrogen (secondary N) is 2. The molecule has 2 aromatic rings. The monoisotopic (exact) mass is 332 g/mol. The van der Waals surface area contributed by atoms with E-state index in [1.807, 2.05) is 31.2 Å². The van der Waals surface area contributed by atoms with Crippen LogP contribution < -0.4 is 15.4 Å². The van der Waals surface area contributed by atoms with Crippen LogP contribution in [0.4, 0.5) is 9.18 Å². The summed E-state index contributed by atoms with van der Waals surface area (Å²) >= 11 is 0. The number of amides is 2. The third-order valence-electron chi connectivity index (χ3n) is 3.64. The van der Waals surface area contributed by atoms with Crippen LogP contribution in [0.1, 0.15) is 30.2 Å². The second-order valence-corrected chi connectivity index (χ2v) is 5.39. The summed E-state index contributed by atoms with van der Waals surface area (Å²) in [4.78, 5) is 12.0. The van der Waals surface area contributed by atoms with Crippen LogP contribution in [-0.4, -0.2) is 24.8 Å². The summed E-state index contributed by atoms with van der Waals surface area (Å²) in [5, 5.41) is 15.3. The van der Waals surface area contributed by atoms with Crippen molar-refractivity contribution in [3.63, 3.8) is 0 Å². The maximum absolute atomic E-state index is 13.1. The van der Waals surface area contributed by atoms with E-state index in [1.165, 1.54) is 18.2 Å². The van der Waals surface area contributed by atoms with Crippen molar-refractivity contribution in [1.82, 2.24) is 10.6 Å². The van der Waals surface area contributed by atoms with Gasteiger partial charge in [0, 0.05) is 12.1 Å². The van der Waals surface area contributed by atoms with Gasteiger partial charge < -0.3 is 20.5 Å². The lowest BCUT2D eigenvalue weighted by Gasteiger charge is -2.18. The second-order valence-electron chi connectivity index (χ2n) is 5.39. The molecule has 0 spiro atoms. The van der Waals surface area contributed by atoms with Crippen molar-refractivity contribution >= 4 is 6.03 Å². The van der Waals surface area contributed by atoms with Gasteiger partial charge in [-0.05, 0) is 30.7 Å². The third kappa shape index (κ3) is 4.70. The molecule has 0 aromatic heterocycles. The van der Waals surface area contributed by atoms with Crippen molar-refractivity contribution in [3.8, 4) is 5.75 Å². The predicted octanol–water partition coefficient (Wildman–Crippen LogP) is 2.93. The number of carbonyl (C=O) groups is 1. The molecule has 2 aromatic carbocycles. The number of ether oxygens (including phenoxy) is 1. The Hall–Kier alpha value is -2.60. The Bertz CT molecular complexity index is 693. The minimum Gasteiger partial charge on any atom is -0.496 e. The summed E-state index contributed by atoms with van der Waals surface area (Å²) < 4.78 is 18.4. The highest BCUT2D eigenvalue weighted by molar-refractivity contribution is 5.74. The minimum absolute atomic E-state index is 0.0199. The highest BCUT2D eigenvalue weighted by Gasteiger charge is 2.15. The Labute approximate surface area is 140 Å². The quantitative estimate of drug-likeness (QED) is 0.762. The van der Waals surface area contributed by atoms with Gasteiger partial charge in [0.15, 0.2) is 0 Å². The van der Waals surface area contributed by atoms with Crippen LogP contribution in [0.15, 0.2) is 48.5 Å². The van der Waals surface area contributed by atoms with E-state index in [-0.39, 0.29) is 12.6 Å². The molecule has 5 nitrogen and oxygen atoms in total. The molecular weight excluding hydrogens is 311 g/mol. The fraction of sp³-hybridized carbons (Fsp3) is 0.278. The van der Waals surface area contributed by atoms with Gasteiger partial charge in [-0.15, -0.1) is 0 Å². The first-order valence-electron chi connectivity index (χ1n) is 7.62. The van der Waals surface area contributed by atoms with Crippen molar-refractivity contribution in [3.05, 3.63) is 65.5 Å². The number of methoxy groups -OCH3 is 1. The number of rotatable bonds is 6. The highest BCUT2D eigenvalue weighted by atomic mass is 19.1. The standard InChI is InChI=1S/C18H21FN2O3/c1-12(15-8-3-4-9-17(15)24-2)21-18(23)20-11-16(22)13-6-5-7-14(19)10-13/h3-10,12,16,22H,11H2,1-2H3,(H2,20,21,23)/t12-,16-/m1/s1. The number of halogens is 1. The Morgan fingerprint density at radius 3 is 2.71 bits per heavy atom. The summed E-state index contributed by atoms with van der Waals surface area (Å²) in [6.07, 6.45) is -0.979. The van der Waals surface area contributed by atoms with Gasteiger partial charge in [0.1, 0.15) is 11.6 Å². The van der Waals surface area contributed by atoms with E-state index in [4.69, 9.17) is 4.74 Å². The molecular formula is C18H21FN2O3. The van der Waals surface area contributed by atoms with E-state index < -0.39 is 18.0 Å². The molecule has 0 radical (unpaired) electrons. The Morgan fingerprint density at radius 2 is 2.00 bits per heavy atom. The Balaban J connectivity index is 1.89. The number of aliphatic hydroxyl groups excluding tert-OH is 1. The molecule has 24 heavy (non-hydrogen) atoms. The normalized spacial score (nSPS) is 13.0. The molecule has 0 aliphatic carbocycles. The molecule has 0 unspecified atom stereocenters. The fourth-order valence-electron chi connectivity index (χ4n) is 2.37. The maximum atomic E-state index is 13.1. The largest absolute Gasteiger partial charge is 0.496 e. The number of hydrogen-bond acceptors (Lipinski definition) is 3. The van der Waals surface area contributed by atoms with Crippen LogP contribution in [0.2, 0.25) is 0 Å². The molecule has 0 fully saturated rings. The van der Waals surface area contributed by atoms with Crippen molar-refractivity contribution in [2.24, 2.45) is 0 Å². The molecule has 0 aliphatic heterocycles. The van der Waals surface area contributed by atoms with E-state index in [1.54, 1.807) is 13.2 Å². The first-order valence-corrected chi connectivity index (χ1v) is 7.62. The summed E-state index contributed by atoms with van der Waals surface area (Å²) in [5.41, 5.74) is 1.26. The lowest BCUT2D eigenvalue weighted by Crippen LogP contribution is -2.39. The fourth-order valence-corrected chi connectivity index (χ4v) is 2.37. The van der Waals surface area contributed by atoms with Crippen LogP contribution in [0.3, 0.4) is 0 Å².